The molecule has 126 valence electrons. The lowest BCUT2D eigenvalue weighted by atomic mass is 10.2. The minimum Gasteiger partial charge on any atom is -0.493 e. The van der Waals surface area contributed by atoms with Crippen molar-refractivity contribution in [1.82, 2.24) is 0 Å². The zero-order valence-corrected chi connectivity index (χ0v) is 14.2. The molecule has 2 aromatic carbocycles. The third kappa shape index (κ3) is 4.66. The molecule has 0 atom stereocenters. The minimum atomic E-state index is -0.590. The van der Waals surface area contributed by atoms with E-state index in [1.54, 1.807) is 30.0 Å². The smallest absolute Gasteiger partial charge is 0.255 e. The second-order valence-electron chi connectivity index (χ2n) is 4.80. The molecule has 24 heavy (non-hydrogen) atoms. The summed E-state index contributed by atoms with van der Waals surface area (Å²) in [6, 6.07) is 12.2. The predicted molar refractivity (Wildman–Crippen MR) is 93.9 cm³/mol. The van der Waals surface area contributed by atoms with Crippen molar-refractivity contribution in [2.45, 2.75) is 4.90 Å². The van der Waals surface area contributed by atoms with Crippen molar-refractivity contribution in [2.75, 3.05) is 25.3 Å². The third-order valence-electron chi connectivity index (χ3n) is 3.14. The minimum absolute atomic E-state index is 0.260. The fourth-order valence-corrected chi connectivity index (χ4v) is 2.36. The number of hydrogen-bond acceptors (Lipinski definition) is 5. The Morgan fingerprint density at radius 3 is 2.42 bits per heavy atom. The Hall–Kier alpha value is -2.67. The van der Waals surface area contributed by atoms with Crippen LogP contribution in [-0.2, 0) is 4.79 Å². The van der Waals surface area contributed by atoms with Crippen LogP contribution in [0.15, 0.2) is 47.4 Å². The van der Waals surface area contributed by atoms with Crippen molar-refractivity contribution < 1.29 is 19.1 Å². The first-order valence-electron chi connectivity index (χ1n) is 7.08. The second kappa shape index (κ2) is 8.26. The van der Waals surface area contributed by atoms with Gasteiger partial charge in [-0.15, -0.1) is 11.8 Å². The number of carbonyl (C=O) groups is 2. The molecular weight excluding hydrogens is 328 g/mol. The molecule has 0 aliphatic rings. The average Bonchev–Trinajstić information content (AvgIpc) is 2.60. The lowest BCUT2D eigenvalue weighted by Crippen LogP contribution is -2.20. The normalized spacial score (nSPS) is 10.1. The van der Waals surface area contributed by atoms with E-state index in [9.17, 15) is 9.59 Å². The summed E-state index contributed by atoms with van der Waals surface area (Å²) in [6.07, 6.45) is 1.99. The van der Waals surface area contributed by atoms with E-state index in [1.165, 1.54) is 7.11 Å². The monoisotopic (exact) mass is 346 g/mol. The molecule has 0 radical (unpaired) electrons. The molecule has 0 heterocycles. The van der Waals surface area contributed by atoms with Crippen LogP contribution in [0.3, 0.4) is 0 Å². The van der Waals surface area contributed by atoms with E-state index in [-0.39, 0.29) is 12.5 Å². The highest BCUT2D eigenvalue weighted by Gasteiger charge is 2.12. The Balaban J connectivity index is 2.12. The number of hydrogen-bond donors (Lipinski definition) is 2. The summed E-state index contributed by atoms with van der Waals surface area (Å²) in [5.74, 6) is -0.169. The average molecular weight is 346 g/mol. The van der Waals surface area contributed by atoms with Crippen molar-refractivity contribution in [3.63, 3.8) is 0 Å². The molecule has 0 aliphatic carbocycles. The van der Waals surface area contributed by atoms with Crippen LogP contribution in [0.4, 0.5) is 5.69 Å². The Bertz CT molecular complexity index is 732. The highest BCUT2D eigenvalue weighted by molar-refractivity contribution is 7.98. The highest BCUT2D eigenvalue weighted by Crippen LogP contribution is 2.28. The van der Waals surface area contributed by atoms with E-state index in [0.717, 1.165) is 4.90 Å². The molecule has 6 nitrogen and oxygen atoms in total. The molecule has 0 saturated heterocycles. The third-order valence-corrected chi connectivity index (χ3v) is 3.89. The maximum absolute atomic E-state index is 12.3. The predicted octanol–water partition coefficient (Wildman–Crippen LogP) is 2.53. The Kier molecular flexibility index (Phi) is 6.08. The van der Waals surface area contributed by atoms with Crippen molar-refractivity contribution >= 4 is 29.3 Å². The largest absolute Gasteiger partial charge is 0.493 e. The fraction of sp³-hybridized carbons (Fsp3) is 0.176. The van der Waals surface area contributed by atoms with Gasteiger partial charge in [-0.05, 0) is 48.7 Å². The Morgan fingerprint density at radius 2 is 1.83 bits per heavy atom. The van der Waals surface area contributed by atoms with Gasteiger partial charge in [0.1, 0.15) is 0 Å². The lowest BCUT2D eigenvalue weighted by Gasteiger charge is -2.11. The number of methoxy groups -OCH3 is 1. The van der Waals surface area contributed by atoms with Crippen LogP contribution in [0.25, 0.3) is 0 Å². The standard InChI is InChI=1S/C17H18N2O4S/c1-22-15-9-11(3-8-14(15)23-10-16(18)20)17(21)19-12-4-6-13(24-2)7-5-12/h3-9H,10H2,1-2H3,(H2,18,20)(H,19,21). The van der Waals surface area contributed by atoms with Gasteiger partial charge in [-0.1, -0.05) is 0 Å². The van der Waals surface area contributed by atoms with Gasteiger partial charge in [-0.3, -0.25) is 9.59 Å². The van der Waals surface area contributed by atoms with Gasteiger partial charge >= 0.3 is 0 Å². The summed E-state index contributed by atoms with van der Waals surface area (Å²) in [5, 5.41) is 2.81. The van der Waals surface area contributed by atoms with Gasteiger partial charge in [0, 0.05) is 16.1 Å². The lowest BCUT2D eigenvalue weighted by molar-refractivity contribution is -0.119. The van der Waals surface area contributed by atoms with Crippen LogP contribution < -0.4 is 20.5 Å². The van der Waals surface area contributed by atoms with Gasteiger partial charge in [0.05, 0.1) is 7.11 Å². The number of benzene rings is 2. The summed E-state index contributed by atoms with van der Waals surface area (Å²) < 4.78 is 10.4. The maximum Gasteiger partial charge on any atom is 0.255 e. The van der Waals surface area contributed by atoms with E-state index < -0.39 is 5.91 Å². The molecule has 0 fully saturated rings. The summed E-state index contributed by atoms with van der Waals surface area (Å²) in [7, 11) is 1.45. The number of anilines is 1. The number of thioether (sulfide) groups is 1. The molecule has 0 bridgehead atoms. The van der Waals surface area contributed by atoms with Gasteiger partial charge < -0.3 is 20.5 Å². The number of ether oxygens (including phenoxy) is 2. The molecule has 2 aromatic rings. The van der Waals surface area contributed by atoms with Crippen LogP contribution in [0.2, 0.25) is 0 Å². The molecule has 0 spiro atoms. The fourth-order valence-electron chi connectivity index (χ4n) is 1.95. The van der Waals surface area contributed by atoms with Gasteiger partial charge in [0.2, 0.25) is 0 Å². The molecule has 2 amide bonds. The number of rotatable bonds is 7. The maximum atomic E-state index is 12.3. The molecule has 0 saturated carbocycles. The first-order chi connectivity index (χ1) is 11.5. The van der Waals surface area contributed by atoms with Gasteiger partial charge in [-0.2, -0.15) is 0 Å². The Morgan fingerprint density at radius 1 is 1.12 bits per heavy atom. The van der Waals surface area contributed by atoms with E-state index in [1.807, 2.05) is 30.5 Å². The van der Waals surface area contributed by atoms with Crippen LogP contribution in [0.1, 0.15) is 10.4 Å². The van der Waals surface area contributed by atoms with E-state index in [0.29, 0.717) is 22.7 Å². The van der Waals surface area contributed by atoms with Gasteiger partial charge in [-0.25, -0.2) is 0 Å². The molecular formula is C17H18N2O4S. The van der Waals surface area contributed by atoms with Crippen LogP contribution in [0.5, 0.6) is 11.5 Å². The zero-order chi connectivity index (χ0) is 17.5. The molecule has 0 unspecified atom stereocenters. The van der Waals surface area contributed by atoms with Crippen LogP contribution >= 0.6 is 11.8 Å². The van der Waals surface area contributed by atoms with Crippen molar-refractivity contribution in [3.8, 4) is 11.5 Å². The summed E-state index contributed by atoms with van der Waals surface area (Å²) in [5.41, 5.74) is 6.16. The molecule has 0 aliphatic heterocycles. The summed E-state index contributed by atoms with van der Waals surface area (Å²) in [6.45, 7) is -0.260. The van der Waals surface area contributed by atoms with Gasteiger partial charge in [0.15, 0.2) is 18.1 Å². The van der Waals surface area contributed by atoms with Crippen LogP contribution in [-0.4, -0.2) is 31.8 Å². The van der Waals surface area contributed by atoms with Crippen LogP contribution in [0, 0.1) is 0 Å². The second-order valence-corrected chi connectivity index (χ2v) is 5.68. The van der Waals surface area contributed by atoms with E-state index >= 15 is 0 Å². The number of amides is 2. The molecule has 2 rings (SSSR count). The van der Waals surface area contributed by atoms with Crippen molar-refractivity contribution in [1.29, 1.82) is 0 Å². The molecule has 3 N–H and O–H groups in total. The SMILES string of the molecule is COc1cc(C(=O)Nc2ccc(SC)cc2)ccc1OCC(N)=O. The number of nitrogens with two attached hydrogens (primary N) is 1. The number of nitrogens with one attached hydrogen (secondary N) is 1. The molecule has 7 heteroatoms. The summed E-state index contributed by atoms with van der Waals surface area (Å²) in [4.78, 5) is 24.2. The quantitative estimate of drug-likeness (QED) is 0.752. The number of primary amides is 1. The summed E-state index contributed by atoms with van der Waals surface area (Å²) >= 11 is 1.63. The Labute approximate surface area is 144 Å². The van der Waals surface area contributed by atoms with E-state index in [2.05, 4.69) is 5.32 Å². The van der Waals surface area contributed by atoms with Crippen molar-refractivity contribution in [2.24, 2.45) is 5.73 Å². The zero-order valence-electron chi connectivity index (χ0n) is 13.4. The molecule has 0 aromatic heterocycles. The van der Waals surface area contributed by atoms with Gasteiger partial charge in [0.25, 0.3) is 11.8 Å². The first-order valence-corrected chi connectivity index (χ1v) is 8.30. The topological polar surface area (TPSA) is 90.7 Å². The highest BCUT2D eigenvalue weighted by atomic mass is 32.2. The van der Waals surface area contributed by atoms with Crippen molar-refractivity contribution in [3.05, 3.63) is 48.0 Å². The number of carbonyl (C=O) groups excluding carboxylic acids is 2. The van der Waals surface area contributed by atoms with E-state index in [4.69, 9.17) is 15.2 Å². The first kappa shape index (κ1) is 17.7.